The molecule has 4 bridgehead atoms. The van der Waals surface area contributed by atoms with Gasteiger partial charge in [0.1, 0.15) is 69.9 Å². The molecule has 0 radical (unpaired) electrons. The number of amidine groups is 1. The van der Waals surface area contributed by atoms with Crippen LogP contribution in [0.25, 0.3) is 0 Å². The van der Waals surface area contributed by atoms with Gasteiger partial charge >= 0.3 is 33.1 Å². The van der Waals surface area contributed by atoms with Gasteiger partial charge in [-0.1, -0.05) is 43.0 Å². The van der Waals surface area contributed by atoms with E-state index in [2.05, 4.69) is 26.7 Å². The number of rotatable bonds is 20. The lowest BCUT2D eigenvalue weighted by Gasteiger charge is -2.40. The highest BCUT2D eigenvalue weighted by atomic mass is 31.2. The second-order valence-electron chi connectivity index (χ2n) is 19.0. The number of nitrogens with zero attached hydrogens (tertiary/aromatic N) is 3. The maximum absolute atomic E-state index is 13.9. The minimum Gasteiger partial charge on any atom is -0.462 e. The zero-order chi connectivity index (χ0) is 54.0. The Morgan fingerprint density at radius 3 is 1.66 bits per heavy atom. The Kier molecular flexibility index (Phi) is 16.7. The lowest BCUT2D eigenvalue weighted by molar-refractivity contribution is -0.216. The molecule has 8 rings (SSSR count). The van der Waals surface area contributed by atoms with Gasteiger partial charge < -0.3 is 58.3 Å². The molecule has 2 aromatic carbocycles. The van der Waals surface area contributed by atoms with Crippen LogP contribution in [0.2, 0.25) is 0 Å². The molecule has 0 aliphatic carbocycles. The van der Waals surface area contributed by atoms with Crippen molar-refractivity contribution in [3.05, 3.63) is 118 Å². The number of aliphatic hydroxyl groups excluding tert-OH is 2. The minimum atomic E-state index is -4.25. The van der Waals surface area contributed by atoms with Crippen molar-refractivity contribution in [2.24, 2.45) is 10.7 Å². The first-order chi connectivity index (χ1) is 34.7. The number of aromatic nitrogens is 2. The number of benzene rings is 2. The average molecular weight is 1080 g/mol. The Balaban J connectivity index is 0.000000216. The van der Waals surface area contributed by atoms with E-state index in [4.69, 9.17) is 52.2 Å². The number of ether oxygens (including phenoxy) is 6. The number of carbonyl (C=O) groups excluding carboxylic acids is 2. The predicted molar refractivity (Wildman–Crippen MR) is 263 cm³/mol. The van der Waals surface area contributed by atoms with Crippen LogP contribution in [0.1, 0.15) is 61.6 Å². The van der Waals surface area contributed by atoms with Crippen molar-refractivity contribution < 1.29 is 75.4 Å². The summed E-state index contributed by atoms with van der Waals surface area (Å²) < 4.78 is 86.1. The molecule has 5 aliphatic rings. The summed E-state index contributed by atoms with van der Waals surface area (Å²) in [6.07, 6.45) is -0.721. The van der Waals surface area contributed by atoms with Crippen molar-refractivity contribution in [1.82, 2.24) is 24.6 Å². The number of nitrogens with two attached hydrogens (primary N) is 1. The summed E-state index contributed by atoms with van der Waals surface area (Å²) >= 11 is 0. The largest absolute Gasteiger partial charge is 0.462 e. The fourth-order valence-corrected chi connectivity index (χ4v) is 11.6. The van der Waals surface area contributed by atoms with Gasteiger partial charge in [0, 0.05) is 18.5 Å². The molecule has 1 aromatic heterocycles. The first kappa shape index (κ1) is 56.2. The molecule has 3 aromatic rings. The molecule has 12 atom stereocenters. The number of nitrogens with one attached hydrogen (secondary N) is 3. The molecule has 5 aliphatic heterocycles. The second-order valence-corrected chi connectivity index (χ2v) is 22.4. The minimum absolute atomic E-state index is 0.0348. The Morgan fingerprint density at radius 2 is 1.23 bits per heavy atom. The van der Waals surface area contributed by atoms with E-state index in [1.807, 2.05) is 0 Å². The van der Waals surface area contributed by atoms with E-state index < -0.39 is 111 Å². The number of para-hydroxylation sites is 2. The van der Waals surface area contributed by atoms with Gasteiger partial charge in [-0.15, -0.1) is 0 Å². The summed E-state index contributed by atoms with van der Waals surface area (Å²) in [7, 11) is -8.44. The molecule has 27 heteroatoms. The summed E-state index contributed by atoms with van der Waals surface area (Å²) in [4.78, 5) is 56.5. The zero-order valence-electron chi connectivity index (χ0n) is 42.0. The van der Waals surface area contributed by atoms with E-state index in [1.54, 1.807) is 119 Å². The van der Waals surface area contributed by atoms with Crippen molar-refractivity contribution in [3.63, 3.8) is 0 Å². The summed E-state index contributed by atoms with van der Waals surface area (Å²) in [5.41, 5.74) is -1.08. The highest BCUT2D eigenvalue weighted by Crippen LogP contribution is 2.56. The van der Waals surface area contributed by atoms with E-state index in [9.17, 15) is 38.5 Å². The number of aliphatic hydroxyl groups is 2. The summed E-state index contributed by atoms with van der Waals surface area (Å²) in [5.74, 6) is -0.243. The van der Waals surface area contributed by atoms with Gasteiger partial charge in [0.2, 0.25) is 0 Å². The van der Waals surface area contributed by atoms with E-state index in [0.29, 0.717) is 5.82 Å². The number of fused-ring (bicyclic) bond motifs is 4. The van der Waals surface area contributed by atoms with Crippen LogP contribution < -0.4 is 36.2 Å². The number of carbonyl (C=O) groups is 2. The first-order valence-corrected chi connectivity index (χ1v) is 26.6. The Hall–Kier alpha value is -5.53. The van der Waals surface area contributed by atoms with Crippen LogP contribution in [0.15, 0.2) is 112 Å². The van der Waals surface area contributed by atoms with Crippen molar-refractivity contribution in [1.29, 1.82) is 0 Å². The van der Waals surface area contributed by atoms with Gasteiger partial charge in [0.15, 0.2) is 12.5 Å². The van der Waals surface area contributed by atoms with Gasteiger partial charge in [-0.2, -0.15) is 10.2 Å². The zero-order valence-corrected chi connectivity index (χ0v) is 43.8. The van der Waals surface area contributed by atoms with Crippen molar-refractivity contribution in [2.45, 2.75) is 127 Å². The number of aliphatic imine (C=N–C) groups is 1. The Morgan fingerprint density at radius 1 is 0.784 bits per heavy atom. The van der Waals surface area contributed by atoms with Gasteiger partial charge in [-0.3, -0.25) is 33.0 Å². The lowest BCUT2D eigenvalue weighted by Crippen LogP contribution is -2.52. The van der Waals surface area contributed by atoms with Crippen LogP contribution in [0.3, 0.4) is 0 Å². The number of hydrogen-bond donors (Lipinski definition) is 6. The van der Waals surface area contributed by atoms with Crippen molar-refractivity contribution in [3.8, 4) is 11.5 Å². The number of esters is 2. The fourth-order valence-electron chi connectivity index (χ4n) is 8.55. The molecule has 4 fully saturated rings. The number of hydrogen-bond acceptors (Lipinski definition) is 21. The SMILES string of the molecule is C=C1N=C(N)C=CN1[C@@H]1O[C@@]2(COP(=O)(NC(C)C(=O)OC(C)C)Oc3ccccc3)CO[C@]1(C)[C@@H]2O.CC(C)OC(=O)C(C)NP(=O)(OC[C@]12CO[C@](C)([C@@H]1O)[C@H](n1ccc(=O)[nH]c1=O)O2)Oc1ccccc1. The van der Waals surface area contributed by atoms with Crippen LogP contribution in [0, 0.1) is 0 Å². The van der Waals surface area contributed by atoms with Crippen LogP contribution in [-0.4, -0.2) is 134 Å². The van der Waals surface area contributed by atoms with Gasteiger partial charge in [-0.05, 0) is 85.7 Å². The smallest absolute Gasteiger partial charge is 0.459 e. The van der Waals surface area contributed by atoms with Gasteiger partial charge in [0.05, 0.1) is 38.6 Å². The summed E-state index contributed by atoms with van der Waals surface area (Å²) in [6, 6.07) is 15.6. The molecule has 6 heterocycles. The average Bonchev–Trinajstić information content (AvgIpc) is 3.90. The molecule has 0 saturated carbocycles. The van der Waals surface area contributed by atoms with E-state index in [-0.39, 0.29) is 43.3 Å². The first-order valence-electron chi connectivity index (χ1n) is 23.5. The van der Waals surface area contributed by atoms with Crippen LogP contribution in [-0.2, 0) is 56.2 Å². The maximum Gasteiger partial charge on any atom is 0.459 e. The molecule has 74 heavy (non-hydrogen) atoms. The van der Waals surface area contributed by atoms with E-state index in [1.165, 1.54) is 20.0 Å². The third-order valence-electron chi connectivity index (χ3n) is 12.3. The molecular formula is C47H63N7O18P2. The molecule has 0 amide bonds. The molecule has 4 saturated heterocycles. The topological polar surface area (TPSA) is 322 Å². The fraction of sp³-hybridized carbons (Fsp3) is 0.511. The molecule has 404 valence electrons. The number of H-pyrrole nitrogens is 1. The van der Waals surface area contributed by atoms with Crippen molar-refractivity contribution >= 4 is 33.3 Å². The molecule has 25 nitrogen and oxygen atoms in total. The molecule has 4 unspecified atom stereocenters. The van der Waals surface area contributed by atoms with Gasteiger partial charge in [0.25, 0.3) is 5.56 Å². The molecular weight excluding hydrogens is 1010 g/mol. The van der Waals surface area contributed by atoms with Crippen LogP contribution in [0.5, 0.6) is 11.5 Å². The molecule has 0 spiro atoms. The summed E-state index contributed by atoms with van der Waals surface area (Å²) in [5, 5.41) is 27.6. The third kappa shape index (κ3) is 11.9. The lowest BCUT2D eigenvalue weighted by atomic mass is 9.91. The Labute approximate surface area is 426 Å². The van der Waals surface area contributed by atoms with Crippen LogP contribution >= 0.6 is 15.5 Å². The molecule has 7 N–H and O–H groups in total. The monoisotopic (exact) mass is 1080 g/mol. The van der Waals surface area contributed by atoms with Crippen LogP contribution in [0.4, 0.5) is 0 Å². The van der Waals surface area contributed by atoms with E-state index >= 15 is 0 Å². The predicted octanol–water partition coefficient (Wildman–Crippen LogP) is 3.11. The maximum atomic E-state index is 13.9. The van der Waals surface area contributed by atoms with Gasteiger partial charge in [-0.25, -0.2) is 18.9 Å². The highest BCUT2D eigenvalue weighted by molar-refractivity contribution is 7.52. The highest BCUT2D eigenvalue weighted by Gasteiger charge is 2.71. The second kappa shape index (κ2) is 22.0. The normalized spacial score (nSPS) is 30.2. The third-order valence-corrected chi connectivity index (χ3v) is 15.6. The quantitative estimate of drug-likeness (QED) is 0.0699. The summed E-state index contributed by atoms with van der Waals surface area (Å²) in [6.45, 7) is 15.8. The Bertz CT molecular complexity index is 2820. The standard InChI is InChI=1S/C24H33N4O8P.C23H30N3O10P/c1-15(2)34-20(29)16(3)27-37(31,36-18-9-7-6-8-10-18)33-14-24-13-32-23(5,21(24)30)22(35-24)28-12-11-19(25)26-17(28)4;1-14(2)34-18(28)15(3)25-37(31,36-16-8-6-5-7-9-16)33-13-23-12-32-22(4,19(23)29)20(35-23)26-11-10-17(27)24-21(26)30/h6-12,15-16,21-22,30H,4,13-14H2,1-3,5H3,(H2,25,26)(H,27,31);5-11,14-15,19-20,29H,12-13H2,1-4H3,(H,25,31)(H,24,27,30)/t16?,21-,22+,23+,24+,37?;15?,19-,20+,22+,23+,37?/m00/s1. The number of aromatic amines is 1. The van der Waals surface area contributed by atoms with Crippen molar-refractivity contribution in [2.75, 3.05) is 26.4 Å². The van der Waals surface area contributed by atoms with E-state index in [0.717, 1.165) is 10.6 Å².